The lowest BCUT2D eigenvalue weighted by atomic mass is 10.1. The van der Waals surface area contributed by atoms with E-state index in [0.717, 1.165) is 6.54 Å². The summed E-state index contributed by atoms with van der Waals surface area (Å²) in [4.78, 5) is 26.9. The van der Waals surface area contributed by atoms with E-state index >= 15 is 0 Å². The van der Waals surface area contributed by atoms with Crippen molar-refractivity contribution in [2.24, 2.45) is 0 Å². The Morgan fingerprint density at radius 3 is 2.39 bits per heavy atom. The van der Waals surface area contributed by atoms with Crippen molar-refractivity contribution in [3.8, 4) is 0 Å². The number of anilines is 1. The Morgan fingerprint density at radius 2 is 1.87 bits per heavy atom. The van der Waals surface area contributed by atoms with Crippen molar-refractivity contribution >= 4 is 28.7 Å². The normalized spacial score (nSPS) is 12.2. The van der Waals surface area contributed by atoms with Crippen LogP contribution in [-0.2, 0) is 11.3 Å². The van der Waals surface area contributed by atoms with E-state index in [-0.39, 0.29) is 17.7 Å². The maximum Gasteiger partial charge on any atom is 0.241 e. The first-order chi connectivity index (χ1) is 10.9. The van der Waals surface area contributed by atoms with Gasteiger partial charge in [-0.1, -0.05) is 0 Å². The minimum atomic E-state index is -0.246. The zero-order valence-electron chi connectivity index (χ0n) is 13.9. The van der Waals surface area contributed by atoms with Crippen molar-refractivity contribution in [1.82, 2.24) is 4.90 Å². The van der Waals surface area contributed by atoms with E-state index in [1.807, 2.05) is 18.9 Å². The molecule has 0 unspecified atom stereocenters. The summed E-state index contributed by atoms with van der Waals surface area (Å²) >= 11 is 1.71. The second-order valence-electron chi connectivity index (χ2n) is 5.74. The summed E-state index contributed by atoms with van der Waals surface area (Å²) in [6.07, 6.45) is 0. The van der Waals surface area contributed by atoms with Crippen LogP contribution >= 0.6 is 11.3 Å². The van der Waals surface area contributed by atoms with Crippen molar-refractivity contribution in [1.29, 1.82) is 0 Å². The van der Waals surface area contributed by atoms with Crippen molar-refractivity contribution in [2.45, 2.75) is 33.4 Å². The van der Waals surface area contributed by atoms with Crippen LogP contribution in [0.5, 0.6) is 0 Å². The third-order valence-corrected chi connectivity index (χ3v) is 4.97. The van der Waals surface area contributed by atoms with Gasteiger partial charge in [-0.05, 0) is 69.1 Å². The molecule has 5 heteroatoms. The summed E-state index contributed by atoms with van der Waals surface area (Å²) in [5.74, 6) is -0.0421. The van der Waals surface area contributed by atoms with Gasteiger partial charge in [0.15, 0.2) is 5.78 Å². The first-order valence-corrected chi connectivity index (χ1v) is 8.41. The molecule has 0 bridgehead atoms. The molecule has 2 aromatic rings. The Balaban J connectivity index is 1.96. The molecule has 0 aliphatic heterocycles. The van der Waals surface area contributed by atoms with Gasteiger partial charge in [0.05, 0.1) is 6.04 Å². The van der Waals surface area contributed by atoms with Crippen LogP contribution in [0.3, 0.4) is 0 Å². The topological polar surface area (TPSA) is 49.4 Å². The molecular weight excluding hydrogens is 308 g/mol. The number of aryl methyl sites for hydroxylation is 1. The second-order valence-corrected chi connectivity index (χ2v) is 6.74. The van der Waals surface area contributed by atoms with E-state index in [1.165, 1.54) is 17.4 Å². The molecule has 4 nitrogen and oxygen atoms in total. The fourth-order valence-corrected chi connectivity index (χ4v) is 3.13. The number of thiophene rings is 1. The zero-order valence-corrected chi connectivity index (χ0v) is 14.7. The lowest BCUT2D eigenvalue weighted by Gasteiger charge is -2.23. The van der Waals surface area contributed by atoms with Gasteiger partial charge < -0.3 is 5.32 Å². The smallest absolute Gasteiger partial charge is 0.241 e. The molecule has 23 heavy (non-hydrogen) atoms. The van der Waals surface area contributed by atoms with Gasteiger partial charge in [-0.25, -0.2) is 0 Å². The molecule has 1 aromatic heterocycles. The number of benzene rings is 1. The van der Waals surface area contributed by atoms with Gasteiger partial charge in [-0.15, -0.1) is 11.3 Å². The van der Waals surface area contributed by atoms with E-state index in [2.05, 4.69) is 23.7 Å². The third kappa shape index (κ3) is 4.50. The molecular formula is C18H22N2O2S. The molecule has 0 aliphatic rings. The predicted molar refractivity (Wildman–Crippen MR) is 95.1 cm³/mol. The maximum absolute atomic E-state index is 12.4. The number of amides is 1. The van der Waals surface area contributed by atoms with E-state index in [0.29, 0.717) is 11.3 Å². The number of carbonyl (C=O) groups is 2. The van der Waals surface area contributed by atoms with Crippen LogP contribution < -0.4 is 5.32 Å². The summed E-state index contributed by atoms with van der Waals surface area (Å²) in [7, 11) is 1.95. The highest BCUT2D eigenvalue weighted by Gasteiger charge is 2.19. The second kappa shape index (κ2) is 7.53. The highest BCUT2D eigenvalue weighted by atomic mass is 32.1. The average Bonchev–Trinajstić information content (AvgIpc) is 2.92. The predicted octanol–water partition coefficient (Wildman–Crippen LogP) is 3.72. The number of nitrogens with one attached hydrogen (secondary N) is 1. The number of hydrogen-bond donors (Lipinski definition) is 1. The van der Waals surface area contributed by atoms with Crippen molar-refractivity contribution < 1.29 is 9.59 Å². The Hall–Kier alpha value is -1.98. The van der Waals surface area contributed by atoms with Crippen molar-refractivity contribution in [2.75, 3.05) is 12.4 Å². The van der Waals surface area contributed by atoms with Gasteiger partial charge in [0.25, 0.3) is 0 Å². The van der Waals surface area contributed by atoms with Gasteiger partial charge in [-0.3, -0.25) is 14.5 Å². The number of nitrogens with zero attached hydrogens (tertiary/aromatic N) is 1. The lowest BCUT2D eigenvalue weighted by molar-refractivity contribution is -0.120. The van der Waals surface area contributed by atoms with Gasteiger partial charge in [-0.2, -0.15) is 0 Å². The van der Waals surface area contributed by atoms with E-state index in [9.17, 15) is 9.59 Å². The number of rotatable bonds is 6. The molecule has 0 radical (unpaired) electrons. The Bertz CT molecular complexity index is 691. The van der Waals surface area contributed by atoms with Crippen LogP contribution in [0.15, 0.2) is 35.7 Å². The lowest BCUT2D eigenvalue weighted by Crippen LogP contribution is -2.39. The van der Waals surface area contributed by atoms with E-state index in [1.54, 1.807) is 35.6 Å². The summed E-state index contributed by atoms with van der Waals surface area (Å²) in [6.45, 7) is 6.25. The Kier molecular flexibility index (Phi) is 5.69. The summed E-state index contributed by atoms with van der Waals surface area (Å²) in [5.41, 5.74) is 2.60. The Labute approximate surface area is 141 Å². The standard InChI is InChI=1S/C18H22N2O2S/c1-12-9-10-23-17(12)11-20(4)13(2)18(22)19-16-7-5-15(6-8-16)14(3)21/h5-10,13H,11H2,1-4H3,(H,19,22)/t13-/m0/s1. The van der Waals surface area contributed by atoms with Crippen LogP contribution in [-0.4, -0.2) is 29.7 Å². The zero-order chi connectivity index (χ0) is 17.0. The largest absolute Gasteiger partial charge is 0.325 e. The highest BCUT2D eigenvalue weighted by Crippen LogP contribution is 2.18. The average molecular weight is 330 g/mol. The summed E-state index contributed by atoms with van der Waals surface area (Å²) < 4.78 is 0. The highest BCUT2D eigenvalue weighted by molar-refractivity contribution is 7.10. The van der Waals surface area contributed by atoms with Gasteiger partial charge in [0, 0.05) is 22.7 Å². The third-order valence-electron chi connectivity index (χ3n) is 3.96. The monoisotopic (exact) mass is 330 g/mol. The van der Waals surface area contributed by atoms with Crippen LogP contribution in [0.25, 0.3) is 0 Å². The van der Waals surface area contributed by atoms with Gasteiger partial charge in [0.1, 0.15) is 0 Å². The molecule has 1 heterocycles. The van der Waals surface area contributed by atoms with E-state index < -0.39 is 0 Å². The quantitative estimate of drug-likeness (QED) is 0.821. The molecule has 1 aromatic carbocycles. The van der Waals surface area contributed by atoms with E-state index in [4.69, 9.17) is 0 Å². The molecule has 1 N–H and O–H groups in total. The number of Topliss-reactive ketones (excluding diaryl/α,β-unsaturated/α-hetero) is 1. The molecule has 1 amide bonds. The molecule has 1 atom stereocenters. The first-order valence-electron chi connectivity index (χ1n) is 7.53. The number of ketones is 1. The molecule has 0 fully saturated rings. The molecule has 2 rings (SSSR count). The van der Waals surface area contributed by atoms with Gasteiger partial charge in [0.2, 0.25) is 5.91 Å². The van der Waals surface area contributed by atoms with Crippen molar-refractivity contribution in [3.63, 3.8) is 0 Å². The molecule has 0 saturated carbocycles. The molecule has 0 aliphatic carbocycles. The number of likely N-dealkylation sites (N-methyl/N-ethyl adjacent to an activating group) is 1. The number of hydrogen-bond acceptors (Lipinski definition) is 4. The minimum Gasteiger partial charge on any atom is -0.325 e. The maximum atomic E-state index is 12.4. The van der Waals surface area contributed by atoms with Crippen molar-refractivity contribution in [3.05, 3.63) is 51.7 Å². The van der Waals surface area contributed by atoms with Crippen LogP contribution in [0.1, 0.15) is 34.6 Å². The Morgan fingerprint density at radius 1 is 1.22 bits per heavy atom. The van der Waals surface area contributed by atoms with Crippen LogP contribution in [0, 0.1) is 6.92 Å². The number of carbonyl (C=O) groups excluding carboxylic acids is 2. The SMILES string of the molecule is CC(=O)c1ccc(NC(=O)[C@H](C)N(C)Cc2sccc2C)cc1. The summed E-state index contributed by atoms with van der Waals surface area (Å²) in [5, 5.41) is 4.96. The van der Waals surface area contributed by atoms with Gasteiger partial charge >= 0.3 is 0 Å². The van der Waals surface area contributed by atoms with Crippen LogP contribution in [0.4, 0.5) is 5.69 Å². The fourth-order valence-electron chi connectivity index (χ4n) is 2.16. The molecule has 0 saturated heterocycles. The summed E-state index contributed by atoms with van der Waals surface area (Å²) in [6, 6.07) is 8.80. The molecule has 122 valence electrons. The molecule has 0 spiro atoms. The first kappa shape index (κ1) is 17.4. The minimum absolute atomic E-state index is 0.0160. The fraction of sp³-hybridized carbons (Fsp3) is 0.333. The van der Waals surface area contributed by atoms with Crippen LogP contribution in [0.2, 0.25) is 0 Å².